The second-order valence-corrected chi connectivity index (χ2v) is 9.10. The van der Waals surface area contributed by atoms with Gasteiger partial charge in [-0.25, -0.2) is 8.42 Å². The number of aryl methyl sites for hydroxylation is 2. The highest BCUT2D eigenvalue weighted by atomic mass is 32.2. The van der Waals surface area contributed by atoms with E-state index in [4.69, 9.17) is 4.74 Å². The van der Waals surface area contributed by atoms with Gasteiger partial charge in [0.15, 0.2) is 15.5 Å². The van der Waals surface area contributed by atoms with E-state index < -0.39 is 9.84 Å². The molecule has 0 N–H and O–H groups in total. The Kier molecular flexibility index (Phi) is 5.28. The van der Waals surface area contributed by atoms with Crippen molar-refractivity contribution in [3.63, 3.8) is 0 Å². The Morgan fingerprint density at radius 1 is 1.37 bits per heavy atom. The lowest BCUT2D eigenvalue weighted by Crippen LogP contribution is -2.41. The van der Waals surface area contributed by atoms with Crippen LogP contribution in [0.4, 0.5) is 0 Å². The van der Waals surface area contributed by atoms with E-state index in [2.05, 4.69) is 5.10 Å². The number of nitrogens with zero attached hydrogens (tertiary/aromatic N) is 3. The molecule has 1 saturated heterocycles. The molecule has 27 heavy (non-hydrogen) atoms. The Morgan fingerprint density at radius 3 is 2.67 bits per heavy atom. The first-order chi connectivity index (χ1) is 12.8. The SMILES string of the molecule is CCN(C(=O)c1cc(-c2ccc(OC)c(C)c2)n(C)n1)C1CCS(=O)(=O)C1. The lowest BCUT2D eigenvalue weighted by Gasteiger charge is -2.25. The normalized spacial score (nSPS) is 18.4. The number of methoxy groups -OCH3 is 1. The van der Waals surface area contributed by atoms with Gasteiger partial charge in [-0.3, -0.25) is 9.48 Å². The minimum absolute atomic E-state index is 0.0317. The van der Waals surface area contributed by atoms with E-state index in [1.807, 2.05) is 32.0 Å². The molecule has 1 unspecified atom stereocenters. The number of sulfone groups is 1. The van der Waals surface area contributed by atoms with Gasteiger partial charge in [-0.1, -0.05) is 0 Å². The van der Waals surface area contributed by atoms with Gasteiger partial charge in [0.05, 0.1) is 24.3 Å². The molecule has 1 amide bonds. The number of aromatic nitrogens is 2. The lowest BCUT2D eigenvalue weighted by molar-refractivity contribution is 0.0701. The predicted octanol–water partition coefficient (Wildman–Crippen LogP) is 2.05. The van der Waals surface area contributed by atoms with Crippen LogP contribution in [-0.4, -0.2) is 60.2 Å². The Morgan fingerprint density at radius 2 is 2.11 bits per heavy atom. The summed E-state index contributed by atoms with van der Waals surface area (Å²) in [5, 5.41) is 4.38. The summed E-state index contributed by atoms with van der Waals surface area (Å²) in [6.07, 6.45) is 0.485. The molecule has 0 aliphatic carbocycles. The second-order valence-electron chi connectivity index (χ2n) is 6.87. The van der Waals surface area contributed by atoms with E-state index in [1.165, 1.54) is 0 Å². The van der Waals surface area contributed by atoms with Crippen molar-refractivity contribution in [2.24, 2.45) is 7.05 Å². The van der Waals surface area contributed by atoms with Crippen molar-refractivity contribution in [3.05, 3.63) is 35.5 Å². The van der Waals surface area contributed by atoms with Crippen LogP contribution in [-0.2, 0) is 16.9 Å². The second kappa shape index (κ2) is 7.34. The van der Waals surface area contributed by atoms with Gasteiger partial charge in [-0.2, -0.15) is 5.10 Å². The Hall–Kier alpha value is -2.35. The molecule has 0 spiro atoms. The van der Waals surface area contributed by atoms with Crippen LogP contribution in [0.5, 0.6) is 5.75 Å². The van der Waals surface area contributed by atoms with E-state index in [0.29, 0.717) is 18.7 Å². The molecule has 1 atom stereocenters. The highest BCUT2D eigenvalue weighted by Crippen LogP contribution is 2.27. The number of rotatable bonds is 5. The number of benzene rings is 1. The van der Waals surface area contributed by atoms with Gasteiger partial charge in [-0.05, 0) is 50.1 Å². The van der Waals surface area contributed by atoms with Crippen molar-refractivity contribution in [1.82, 2.24) is 14.7 Å². The summed E-state index contributed by atoms with van der Waals surface area (Å²) in [5.41, 5.74) is 3.08. The Bertz CT molecular complexity index is 965. The van der Waals surface area contributed by atoms with Crippen molar-refractivity contribution in [3.8, 4) is 17.0 Å². The molecular formula is C19H25N3O4S. The summed E-state index contributed by atoms with van der Waals surface area (Å²) in [5.74, 6) is 0.743. The lowest BCUT2D eigenvalue weighted by atomic mass is 10.1. The zero-order valence-electron chi connectivity index (χ0n) is 16.1. The number of hydrogen-bond acceptors (Lipinski definition) is 5. The third kappa shape index (κ3) is 3.85. The summed E-state index contributed by atoms with van der Waals surface area (Å²) in [6, 6.07) is 7.29. The van der Waals surface area contributed by atoms with E-state index in [1.54, 1.807) is 29.8 Å². The van der Waals surface area contributed by atoms with Gasteiger partial charge in [0.1, 0.15) is 5.75 Å². The van der Waals surface area contributed by atoms with E-state index in [0.717, 1.165) is 22.6 Å². The molecule has 1 aliphatic rings. The molecule has 2 aromatic rings. The van der Waals surface area contributed by atoms with Gasteiger partial charge in [-0.15, -0.1) is 0 Å². The minimum Gasteiger partial charge on any atom is -0.496 e. The highest BCUT2D eigenvalue weighted by molar-refractivity contribution is 7.91. The maximum atomic E-state index is 13.0. The first-order valence-corrected chi connectivity index (χ1v) is 10.8. The van der Waals surface area contributed by atoms with Crippen LogP contribution in [0.15, 0.2) is 24.3 Å². The molecule has 1 aromatic heterocycles. The Labute approximate surface area is 159 Å². The number of hydrogen-bond donors (Lipinski definition) is 0. The predicted molar refractivity (Wildman–Crippen MR) is 104 cm³/mol. The van der Waals surface area contributed by atoms with Crippen LogP contribution in [0.25, 0.3) is 11.3 Å². The molecular weight excluding hydrogens is 366 g/mol. The van der Waals surface area contributed by atoms with Gasteiger partial charge < -0.3 is 9.64 Å². The summed E-state index contributed by atoms with van der Waals surface area (Å²) < 4.78 is 30.5. The molecule has 1 fully saturated rings. The molecule has 3 rings (SSSR count). The van der Waals surface area contributed by atoms with E-state index in [9.17, 15) is 13.2 Å². The van der Waals surface area contributed by atoms with Gasteiger partial charge in [0.2, 0.25) is 0 Å². The first-order valence-electron chi connectivity index (χ1n) is 8.96. The number of carbonyl (C=O) groups excluding carboxylic acids is 1. The Balaban J connectivity index is 1.89. The minimum atomic E-state index is -3.05. The van der Waals surface area contributed by atoms with Gasteiger partial charge in [0, 0.05) is 25.2 Å². The first kappa shape index (κ1) is 19.4. The average molecular weight is 391 g/mol. The van der Waals surface area contributed by atoms with Crippen molar-refractivity contribution < 1.29 is 17.9 Å². The molecule has 8 heteroatoms. The molecule has 0 saturated carbocycles. The van der Waals surface area contributed by atoms with Crippen LogP contribution in [0, 0.1) is 6.92 Å². The maximum Gasteiger partial charge on any atom is 0.274 e. The summed E-state index contributed by atoms with van der Waals surface area (Å²) >= 11 is 0. The fourth-order valence-corrected chi connectivity index (χ4v) is 5.35. The summed E-state index contributed by atoms with van der Waals surface area (Å²) in [6.45, 7) is 4.27. The standard InChI is InChI=1S/C19H25N3O4S/c1-5-22(15-8-9-27(24,25)12-15)19(23)16-11-17(21(3)20-16)14-6-7-18(26-4)13(2)10-14/h6-7,10-11,15H,5,8-9,12H2,1-4H3. The smallest absolute Gasteiger partial charge is 0.274 e. The zero-order chi connectivity index (χ0) is 19.8. The molecule has 7 nitrogen and oxygen atoms in total. The topological polar surface area (TPSA) is 81.5 Å². The van der Waals surface area contributed by atoms with Gasteiger partial charge in [0.25, 0.3) is 5.91 Å². The van der Waals surface area contributed by atoms with Crippen molar-refractivity contribution in [2.75, 3.05) is 25.2 Å². The van der Waals surface area contributed by atoms with E-state index >= 15 is 0 Å². The third-order valence-electron chi connectivity index (χ3n) is 5.04. The van der Waals surface area contributed by atoms with Crippen LogP contribution in [0.1, 0.15) is 29.4 Å². The van der Waals surface area contributed by atoms with E-state index in [-0.39, 0.29) is 23.5 Å². The monoisotopic (exact) mass is 391 g/mol. The quantitative estimate of drug-likeness (QED) is 0.779. The van der Waals surface area contributed by atoms with Crippen LogP contribution in [0.3, 0.4) is 0 Å². The average Bonchev–Trinajstić information content (AvgIpc) is 3.18. The fourth-order valence-electron chi connectivity index (χ4n) is 3.62. The molecule has 0 radical (unpaired) electrons. The van der Waals surface area contributed by atoms with Crippen molar-refractivity contribution >= 4 is 15.7 Å². The van der Waals surface area contributed by atoms with Crippen LogP contribution < -0.4 is 4.74 Å². The molecule has 146 valence electrons. The van der Waals surface area contributed by atoms with Crippen LogP contribution >= 0.6 is 0 Å². The maximum absolute atomic E-state index is 13.0. The number of carbonyl (C=O) groups is 1. The fraction of sp³-hybridized carbons (Fsp3) is 0.474. The largest absolute Gasteiger partial charge is 0.496 e. The summed E-state index contributed by atoms with van der Waals surface area (Å²) in [7, 11) is 0.369. The zero-order valence-corrected chi connectivity index (χ0v) is 16.9. The summed E-state index contributed by atoms with van der Waals surface area (Å²) in [4.78, 5) is 14.6. The van der Waals surface area contributed by atoms with Crippen LogP contribution in [0.2, 0.25) is 0 Å². The molecule has 2 heterocycles. The van der Waals surface area contributed by atoms with Crippen molar-refractivity contribution in [2.45, 2.75) is 26.3 Å². The van der Waals surface area contributed by atoms with Gasteiger partial charge >= 0.3 is 0 Å². The number of ether oxygens (including phenoxy) is 1. The highest BCUT2D eigenvalue weighted by Gasteiger charge is 2.35. The molecule has 1 aromatic carbocycles. The number of amides is 1. The van der Waals surface area contributed by atoms with Crippen molar-refractivity contribution in [1.29, 1.82) is 0 Å². The molecule has 0 bridgehead atoms. The molecule has 1 aliphatic heterocycles. The third-order valence-corrected chi connectivity index (χ3v) is 6.79.